The van der Waals surface area contributed by atoms with Gasteiger partial charge in [-0.3, -0.25) is 4.79 Å². The molecule has 0 bridgehead atoms. The molecule has 0 N–H and O–H groups in total. The van der Waals surface area contributed by atoms with E-state index in [4.69, 9.17) is 9.40 Å². The zero-order valence-electron chi connectivity index (χ0n) is 17.6. The van der Waals surface area contributed by atoms with Gasteiger partial charge in [0.25, 0.3) is 5.91 Å². The van der Waals surface area contributed by atoms with Crippen molar-refractivity contribution in [2.24, 2.45) is 0 Å². The van der Waals surface area contributed by atoms with Crippen molar-refractivity contribution in [2.75, 3.05) is 13.1 Å². The predicted molar refractivity (Wildman–Crippen MR) is 120 cm³/mol. The number of hydrogen-bond acceptors (Lipinski definition) is 4. The van der Waals surface area contributed by atoms with Gasteiger partial charge in [0, 0.05) is 30.9 Å². The lowest BCUT2D eigenvalue weighted by molar-refractivity contribution is 0.0699. The molecular formula is C25H25N3O3. The number of rotatable bonds is 4. The number of amides is 1. The third-order valence-electron chi connectivity index (χ3n) is 6.08. The Kier molecular flexibility index (Phi) is 5.06. The Labute approximate surface area is 180 Å². The van der Waals surface area contributed by atoms with Gasteiger partial charge >= 0.3 is 5.63 Å². The molecule has 158 valence electrons. The van der Waals surface area contributed by atoms with Crippen LogP contribution in [0.25, 0.3) is 22.0 Å². The number of likely N-dealkylation sites (tertiary alicyclic amines) is 1. The molecule has 1 fully saturated rings. The van der Waals surface area contributed by atoms with Crippen LogP contribution in [-0.2, 0) is 6.54 Å². The molecule has 1 aliphatic rings. The number of carbonyl (C=O) groups excluding carboxylic acids is 1. The molecular weight excluding hydrogens is 390 g/mol. The number of benzene rings is 2. The second-order valence-corrected chi connectivity index (χ2v) is 8.19. The number of fused-ring (bicyclic) bond motifs is 2. The Morgan fingerprint density at radius 2 is 1.97 bits per heavy atom. The smallest absolute Gasteiger partial charge is 0.349 e. The minimum absolute atomic E-state index is 0.0985. The van der Waals surface area contributed by atoms with Crippen molar-refractivity contribution < 1.29 is 9.21 Å². The average molecular weight is 415 g/mol. The number of imidazole rings is 1. The highest BCUT2D eigenvalue weighted by Gasteiger charge is 2.30. The van der Waals surface area contributed by atoms with E-state index in [0.717, 1.165) is 48.1 Å². The summed E-state index contributed by atoms with van der Waals surface area (Å²) in [5.41, 5.74) is 2.14. The van der Waals surface area contributed by atoms with Crippen molar-refractivity contribution in [3.63, 3.8) is 0 Å². The normalized spacial score (nSPS) is 16.8. The van der Waals surface area contributed by atoms with Crippen LogP contribution in [0.15, 0.2) is 63.8 Å². The maximum atomic E-state index is 13.3. The summed E-state index contributed by atoms with van der Waals surface area (Å²) < 4.78 is 7.68. The third-order valence-corrected chi connectivity index (χ3v) is 6.08. The minimum atomic E-state index is -0.580. The number of piperidine rings is 1. The van der Waals surface area contributed by atoms with Crippen LogP contribution in [-0.4, -0.2) is 33.4 Å². The first-order valence-electron chi connectivity index (χ1n) is 10.9. The summed E-state index contributed by atoms with van der Waals surface area (Å²) in [5, 5.41) is 0.753. The summed E-state index contributed by atoms with van der Waals surface area (Å²) in [6.07, 6.45) is 2.87. The molecule has 0 aliphatic carbocycles. The molecule has 0 saturated carbocycles. The molecule has 31 heavy (non-hydrogen) atoms. The van der Waals surface area contributed by atoms with Gasteiger partial charge in [0.15, 0.2) is 0 Å². The van der Waals surface area contributed by atoms with E-state index in [2.05, 4.69) is 17.6 Å². The summed E-state index contributed by atoms with van der Waals surface area (Å²) in [4.78, 5) is 32.5. The third kappa shape index (κ3) is 3.52. The van der Waals surface area contributed by atoms with E-state index in [-0.39, 0.29) is 17.4 Å². The lowest BCUT2D eigenvalue weighted by Gasteiger charge is -2.32. The van der Waals surface area contributed by atoms with Gasteiger partial charge < -0.3 is 13.9 Å². The van der Waals surface area contributed by atoms with Crippen molar-refractivity contribution in [3.05, 3.63) is 76.4 Å². The molecule has 6 heteroatoms. The first-order valence-corrected chi connectivity index (χ1v) is 10.9. The maximum Gasteiger partial charge on any atom is 0.349 e. The zero-order valence-corrected chi connectivity index (χ0v) is 17.6. The highest BCUT2D eigenvalue weighted by molar-refractivity contribution is 5.96. The van der Waals surface area contributed by atoms with Crippen LogP contribution in [0, 0.1) is 0 Å². The van der Waals surface area contributed by atoms with Crippen LogP contribution in [0.3, 0.4) is 0 Å². The SMILES string of the molecule is CCCn1c(C2CCCN(C(=O)c3cc4ccccc4oc3=O)C2)nc2ccccc21. The standard InChI is InChI=1S/C25H25N3O3/c1-2-13-28-21-11-5-4-10-20(21)26-23(28)18-9-7-14-27(16-18)24(29)19-15-17-8-3-6-12-22(17)31-25(19)30/h3-6,8,10-12,15,18H,2,7,9,13-14,16H2,1H3. The Hall–Kier alpha value is -3.41. The minimum Gasteiger partial charge on any atom is -0.422 e. The van der Waals surface area contributed by atoms with Gasteiger partial charge in [0.05, 0.1) is 11.0 Å². The summed E-state index contributed by atoms with van der Waals surface area (Å²) in [6.45, 7) is 4.25. The summed E-state index contributed by atoms with van der Waals surface area (Å²) in [7, 11) is 0. The summed E-state index contributed by atoms with van der Waals surface area (Å²) >= 11 is 0. The van der Waals surface area contributed by atoms with Gasteiger partial charge in [0.2, 0.25) is 0 Å². The van der Waals surface area contributed by atoms with Crippen LogP contribution in [0.2, 0.25) is 0 Å². The van der Waals surface area contributed by atoms with Crippen molar-refractivity contribution >= 4 is 27.9 Å². The van der Waals surface area contributed by atoms with E-state index in [1.54, 1.807) is 17.0 Å². The van der Waals surface area contributed by atoms with Crippen molar-refractivity contribution in [1.29, 1.82) is 0 Å². The van der Waals surface area contributed by atoms with Crippen LogP contribution in [0.1, 0.15) is 48.3 Å². The molecule has 1 aliphatic heterocycles. The highest BCUT2D eigenvalue weighted by atomic mass is 16.4. The predicted octanol–water partition coefficient (Wildman–Crippen LogP) is 4.57. The molecule has 4 aromatic rings. The molecule has 1 amide bonds. The van der Waals surface area contributed by atoms with Crippen molar-refractivity contribution in [2.45, 2.75) is 38.6 Å². The largest absolute Gasteiger partial charge is 0.422 e. The Bertz CT molecular complexity index is 1320. The van der Waals surface area contributed by atoms with E-state index < -0.39 is 5.63 Å². The fourth-order valence-electron chi connectivity index (χ4n) is 4.62. The fraction of sp³-hybridized carbons (Fsp3) is 0.320. The molecule has 0 spiro atoms. The van der Waals surface area contributed by atoms with Crippen LogP contribution in [0.5, 0.6) is 0 Å². The van der Waals surface area contributed by atoms with Crippen LogP contribution < -0.4 is 5.63 Å². The molecule has 2 aromatic heterocycles. The number of hydrogen-bond donors (Lipinski definition) is 0. The lowest BCUT2D eigenvalue weighted by atomic mass is 9.96. The Morgan fingerprint density at radius 1 is 1.16 bits per heavy atom. The average Bonchev–Trinajstić information content (AvgIpc) is 3.17. The van der Waals surface area contributed by atoms with E-state index in [9.17, 15) is 9.59 Å². The lowest BCUT2D eigenvalue weighted by Crippen LogP contribution is -2.41. The Morgan fingerprint density at radius 3 is 2.84 bits per heavy atom. The summed E-state index contributed by atoms with van der Waals surface area (Å²) in [6, 6.07) is 17.1. The number of nitrogens with zero attached hydrogens (tertiary/aromatic N) is 3. The molecule has 0 radical (unpaired) electrons. The summed E-state index contributed by atoms with van der Waals surface area (Å²) in [5.74, 6) is 0.914. The second kappa shape index (κ2) is 8.02. The monoisotopic (exact) mass is 415 g/mol. The van der Waals surface area contributed by atoms with Crippen LogP contribution >= 0.6 is 0 Å². The number of carbonyl (C=O) groups is 1. The Balaban J connectivity index is 1.47. The molecule has 1 saturated heterocycles. The molecule has 2 aromatic carbocycles. The first kappa shape index (κ1) is 19.5. The van der Waals surface area contributed by atoms with E-state index >= 15 is 0 Å². The van der Waals surface area contributed by atoms with Gasteiger partial charge in [0.1, 0.15) is 17.0 Å². The van der Waals surface area contributed by atoms with Gasteiger partial charge in [-0.1, -0.05) is 37.3 Å². The highest BCUT2D eigenvalue weighted by Crippen LogP contribution is 2.30. The number of aromatic nitrogens is 2. The van der Waals surface area contributed by atoms with Gasteiger partial charge in [-0.2, -0.15) is 0 Å². The molecule has 1 atom stereocenters. The molecule has 3 heterocycles. The molecule has 6 nitrogen and oxygen atoms in total. The van der Waals surface area contributed by atoms with E-state index in [1.165, 1.54) is 0 Å². The number of para-hydroxylation sites is 3. The molecule has 5 rings (SSSR count). The van der Waals surface area contributed by atoms with E-state index in [1.807, 2.05) is 36.4 Å². The second-order valence-electron chi connectivity index (χ2n) is 8.19. The van der Waals surface area contributed by atoms with Gasteiger partial charge in [-0.05, 0) is 43.5 Å². The first-order chi connectivity index (χ1) is 15.2. The van der Waals surface area contributed by atoms with Crippen molar-refractivity contribution in [3.8, 4) is 0 Å². The fourth-order valence-corrected chi connectivity index (χ4v) is 4.62. The van der Waals surface area contributed by atoms with E-state index in [0.29, 0.717) is 18.7 Å². The quantitative estimate of drug-likeness (QED) is 0.458. The topological polar surface area (TPSA) is 68.3 Å². The number of aryl methyl sites for hydroxylation is 1. The maximum absolute atomic E-state index is 13.3. The van der Waals surface area contributed by atoms with Gasteiger partial charge in [-0.15, -0.1) is 0 Å². The van der Waals surface area contributed by atoms with Gasteiger partial charge in [-0.25, -0.2) is 9.78 Å². The molecule has 1 unspecified atom stereocenters. The van der Waals surface area contributed by atoms with Crippen LogP contribution in [0.4, 0.5) is 0 Å². The van der Waals surface area contributed by atoms with Crippen molar-refractivity contribution in [1.82, 2.24) is 14.5 Å². The zero-order chi connectivity index (χ0) is 21.4.